The molecule has 0 aliphatic heterocycles. The molecule has 32 heavy (non-hydrogen) atoms. The second-order valence-corrected chi connectivity index (χ2v) is 7.56. The Morgan fingerprint density at radius 3 is 1.97 bits per heavy atom. The molecule has 3 heteroatoms. The summed E-state index contributed by atoms with van der Waals surface area (Å²) in [7, 11) is 1.60. The Kier molecular flexibility index (Phi) is 15.0. The van der Waals surface area contributed by atoms with Crippen LogP contribution in [0.1, 0.15) is 38.3 Å². The van der Waals surface area contributed by atoms with E-state index in [9.17, 15) is 4.79 Å². The summed E-state index contributed by atoms with van der Waals surface area (Å²) in [6, 6.07) is 20.9. The fourth-order valence-corrected chi connectivity index (χ4v) is 2.86. The van der Waals surface area contributed by atoms with Gasteiger partial charge in [0.15, 0.2) is 0 Å². The second kappa shape index (κ2) is 17.7. The molecule has 0 saturated carbocycles. The van der Waals surface area contributed by atoms with E-state index >= 15 is 0 Å². The number of nitrogens with one attached hydrogen (secondary N) is 1. The molecule has 0 saturated heterocycles. The predicted molar refractivity (Wildman–Crippen MR) is 137 cm³/mol. The van der Waals surface area contributed by atoms with Crippen molar-refractivity contribution in [3.63, 3.8) is 0 Å². The lowest BCUT2D eigenvalue weighted by Crippen LogP contribution is -2.32. The van der Waals surface area contributed by atoms with Gasteiger partial charge in [0.25, 0.3) is 0 Å². The van der Waals surface area contributed by atoms with Crippen molar-refractivity contribution in [2.24, 2.45) is 5.92 Å². The molecule has 1 aliphatic rings. The van der Waals surface area contributed by atoms with E-state index in [0.717, 1.165) is 24.8 Å². The number of methoxy groups -OCH3 is 1. The molecule has 0 bridgehead atoms. The lowest BCUT2D eigenvalue weighted by Gasteiger charge is -2.11. The molecule has 2 aromatic rings. The van der Waals surface area contributed by atoms with E-state index < -0.39 is 0 Å². The number of ether oxygens (including phenoxy) is 1. The van der Waals surface area contributed by atoms with Gasteiger partial charge < -0.3 is 10.1 Å². The van der Waals surface area contributed by atoms with Gasteiger partial charge in [0.05, 0.1) is 12.5 Å². The van der Waals surface area contributed by atoms with Crippen molar-refractivity contribution in [2.75, 3.05) is 20.3 Å². The molecule has 1 N–H and O–H groups in total. The normalized spacial score (nSPS) is 12.8. The van der Waals surface area contributed by atoms with Gasteiger partial charge in [-0.25, -0.2) is 0 Å². The summed E-state index contributed by atoms with van der Waals surface area (Å²) in [4.78, 5) is 11.6. The Bertz CT molecular complexity index is 783. The van der Waals surface area contributed by atoms with Crippen LogP contribution in [-0.4, -0.2) is 26.2 Å². The minimum absolute atomic E-state index is 0.0318. The van der Waals surface area contributed by atoms with Crippen LogP contribution in [0.4, 0.5) is 0 Å². The monoisotopic (exact) mass is 433 g/mol. The predicted octanol–water partition coefficient (Wildman–Crippen LogP) is 6.33. The topological polar surface area (TPSA) is 38.3 Å². The average molecular weight is 434 g/mol. The molecular formula is C29H39NO2. The summed E-state index contributed by atoms with van der Waals surface area (Å²) in [6.07, 6.45) is 13.5. The van der Waals surface area contributed by atoms with Gasteiger partial charge in [0, 0.05) is 13.7 Å². The highest BCUT2D eigenvalue weighted by atomic mass is 16.5. The van der Waals surface area contributed by atoms with Crippen LogP contribution < -0.4 is 5.32 Å². The van der Waals surface area contributed by atoms with Crippen LogP contribution in [0.25, 0.3) is 0 Å². The first-order valence-corrected chi connectivity index (χ1v) is 11.5. The lowest BCUT2D eigenvalue weighted by atomic mass is 10.1. The summed E-state index contributed by atoms with van der Waals surface area (Å²) in [5.74, 6) is -0.0692. The van der Waals surface area contributed by atoms with Crippen molar-refractivity contribution in [2.45, 2.75) is 40.0 Å². The Balaban J connectivity index is 0.000000267. The molecule has 2 aromatic carbocycles. The highest BCUT2D eigenvalue weighted by Gasteiger charge is 2.11. The van der Waals surface area contributed by atoms with Crippen LogP contribution >= 0.6 is 0 Å². The highest BCUT2D eigenvalue weighted by Crippen LogP contribution is 2.04. The molecule has 3 rings (SSSR count). The third-order valence-electron chi connectivity index (χ3n) is 4.88. The minimum Gasteiger partial charge on any atom is -0.384 e. The molecule has 0 spiro atoms. The van der Waals surface area contributed by atoms with Gasteiger partial charge in [-0.15, -0.1) is 0 Å². The van der Waals surface area contributed by atoms with Crippen molar-refractivity contribution in [3.8, 4) is 0 Å². The van der Waals surface area contributed by atoms with E-state index in [0.29, 0.717) is 13.2 Å². The fraction of sp³-hybridized carbons (Fsp3) is 0.345. The summed E-state index contributed by atoms with van der Waals surface area (Å²) in [5.41, 5.74) is 3.94. The minimum atomic E-state index is -0.101. The largest absolute Gasteiger partial charge is 0.384 e. The summed E-state index contributed by atoms with van der Waals surface area (Å²) < 4.78 is 4.94. The molecule has 1 amide bonds. The third kappa shape index (κ3) is 12.7. The van der Waals surface area contributed by atoms with E-state index in [1.807, 2.05) is 37.3 Å². The van der Waals surface area contributed by atoms with E-state index in [1.54, 1.807) is 7.11 Å². The number of hydrogen-bond donors (Lipinski definition) is 1. The Hall–Kier alpha value is -2.91. The molecule has 172 valence electrons. The molecule has 1 aliphatic carbocycles. The molecule has 0 radical (unpaired) electrons. The molecular weight excluding hydrogens is 394 g/mol. The fourth-order valence-electron chi connectivity index (χ4n) is 2.86. The van der Waals surface area contributed by atoms with Gasteiger partial charge in [0.1, 0.15) is 0 Å². The first-order valence-electron chi connectivity index (χ1n) is 11.5. The Morgan fingerprint density at radius 1 is 0.938 bits per heavy atom. The van der Waals surface area contributed by atoms with Crippen molar-refractivity contribution in [1.82, 2.24) is 5.32 Å². The number of rotatable bonds is 7. The smallest absolute Gasteiger partial charge is 0.225 e. The average Bonchev–Trinajstić information content (AvgIpc) is 3.13. The Labute approximate surface area is 194 Å². The molecule has 0 fully saturated rings. The first kappa shape index (κ1) is 27.1. The van der Waals surface area contributed by atoms with Gasteiger partial charge in [-0.2, -0.15) is 0 Å². The molecule has 0 aromatic heterocycles. The van der Waals surface area contributed by atoms with E-state index in [4.69, 9.17) is 4.74 Å². The van der Waals surface area contributed by atoms with Crippen molar-refractivity contribution < 1.29 is 9.53 Å². The van der Waals surface area contributed by atoms with Gasteiger partial charge in [-0.1, -0.05) is 112 Å². The van der Waals surface area contributed by atoms with Crippen molar-refractivity contribution in [1.29, 1.82) is 0 Å². The number of hydrogen-bond acceptors (Lipinski definition) is 2. The van der Waals surface area contributed by atoms with Crippen LogP contribution in [0.15, 0.2) is 96.6 Å². The van der Waals surface area contributed by atoms with Crippen LogP contribution in [0.2, 0.25) is 0 Å². The summed E-state index contributed by atoms with van der Waals surface area (Å²) in [5, 5.41) is 2.89. The van der Waals surface area contributed by atoms with Crippen LogP contribution in [0, 0.1) is 5.92 Å². The number of carbonyl (C=O) groups excluding carboxylic acids is 1. The Morgan fingerprint density at radius 2 is 1.50 bits per heavy atom. The number of benzene rings is 2. The van der Waals surface area contributed by atoms with Crippen LogP contribution in [0.3, 0.4) is 0 Å². The van der Waals surface area contributed by atoms with Gasteiger partial charge >= 0.3 is 0 Å². The van der Waals surface area contributed by atoms with Crippen molar-refractivity contribution >= 4 is 5.91 Å². The maximum absolute atomic E-state index is 11.6. The van der Waals surface area contributed by atoms with Gasteiger partial charge in [-0.3, -0.25) is 4.79 Å². The quantitative estimate of drug-likeness (QED) is 0.554. The van der Waals surface area contributed by atoms with Crippen molar-refractivity contribution in [3.05, 3.63) is 108 Å². The number of aryl methyl sites for hydroxylation is 2. The zero-order valence-electron chi connectivity index (χ0n) is 20.1. The zero-order chi connectivity index (χ0) is 23.4. The maximum atomic E-state index is 11.6. The van der Waals surface area contributed by atoms with Crippen LogP contribution in [0.5, 0.6) is 0 Å². The highest BCUT2D eigenvalue weighted by molar-refractivity contribution is 5.78. The molecule has 3 nitrogen and oxygen atoms in total. The second-order valence-electron chi connectivity index (χ2n) is 7.56. The maximum Gasteiger partial charge on any atom is 0.225 e. The van der Waals surface area contributed by atoms with E-state index in [-0.39, 0.29) is 11.8 Å². The zero-order valence-corrected chi connectivity index (χ0v) is 20.1. The summed E-state index contributed by atoms with van der Waals surface area (Å²) >= 11 is 0. The third-order valence-corrected chi connectivity index (χ3v) is 4.88. The van der Waals surface area contributed by atoms with Gasteiger partial charge in [0.2, 0.25) is 5.91 Å². The van der Waals surface area contributed by atoms with E-state index in [1.165, 1.54) is 11.1 Å². The standard InChI is InChI=1S/C13H19NO2.2C8H10/c1-11(10-16-2)13(15)14-9-12-7-5-3-4-6-8-12;2*1-2-8-6-4-3-5-7-8/h3,5-8,11H,4,9-10H2,1-2H3,(H,14,15);2*3-7H,2H2,1H3. The number of carbonyl (C=O) groups is 1. The summed E-state index contributed by atoms with van der Waals surface area (Å²) in [6.45, 7) is 7.22. The van der Waals surface area contributed by atoms with Gasteiger partial charge in [-0.05, 0) is 36.0 Å². The molecule has 1 atom stereocenters. The number of amides is 1. The van der Waals surface area contributed by atoms with Crippen LogP contribution in [-0.2, 0) is 22.4 Å². The SMILES string of the molecule is CCc1ccccc1.CCc1ccccc1.COCC(C)C(=O)NCC1=CC=CCC=C1. The molecule has 0 heterocycles. The molecule has 1 unspecified atom stereocenters. The van der Waals surface area contributed by atoms with E-state index in [2.05, 4.69) is 79.8 Å². The lowest BCUT2D eigenvalue weighted by molar-refractivity contribution is -0.125. The number of allylic oxidation sites excluding steroid dienone is 4. The first-order chi connectivity index (χ1) is 15.6.